The molecule has 0 saturated heterocycles. The molecule has 2 N–H and O–H groups in total. The van der Waals surface area contributed by atoms with Gasteiger partial charge in [-0.05, 0) is 41.3 Å². The number of carboxylic acid groups (broad SMARTS) is 1. The molecule has 0 radical (unpaired) electrons. The van der Waals surface area contributed by atoms with E-state index < -0.39 is 21.7 Å². The molecule has 0 unspecified atom stereocenters. The standard InChI is InChI=1S/C23H23NO5S/c1-16(2)15-24(19-10-13-21(23(26)27)22(25)14-19)30(28,29)20-11-8-18(9-12-20)17-6-4-3-5-7-17/h3-14,16,25H,15H2,1-2H3,(H,26,27). The van der Waals surface area contributed by atoms with Crippen molar-refractivity contribution in [1.29, 1.82) is 0 Å². The van der Waals surface area contributed by atoms with Gasteiger partial charge >= 0.3 is 5.97 Å². The second-order valence-corrected chi connectivity index (χ2v) is 9.19. The summed E-state index contributed by atoms with van der Waals surface area (Å²) in [6.45, 7) is 3.94. The molecule has 0 heterocycles. The van der Waals surface area contributed by atoms with E-state index in [-0.39, 0.29) is 28.6 Å². The van der Waals surface area contributed by atoms with E-state index >= 15 is 0 Å². The van der Waals surface area contributed by atoms with E-state index in [2.05, 4.69) is 0 Å². The highest BCUT2D eigenvalue weighted by Crippen LogP contribution is 2.31. The predicted molar refractivity (Wildman–Crippen MR) is 116 cm³/mol. The highest BCUT2D eigenvalue weighted by atomic mass is 32.2. The molecule has 3 rings (SSSR count). The topological polar surface area (TPSA) is 94.9 Å². The maximum absolute atomic E-state index is 13.4. The van der Waals surface area contributed by atoms with Crippen molar-refractivity contribution in [3.63, 3.8) is 0 Å². The first-order chi connectivity index (χ1) is 14.2. The van der Waals surface area contributed by atoms with Crippen molar-refractivity contribution >= 4 is 21.7 Å². The average Bonchev–Trinajstić information content (AvgIpc) is 2.72. The number of hydrogen-bond donors (Lipinski definition) is 2. The number of benzene rings is 3. The number of phenols is 1. The van der Waals surface area contributed by atoms with Crippen LogP contribution in [0.3, 0.4) is 0 Å². The second-order valence-electron chi connectivity index (χ2n) is 7.33. The Balaban J connectivity index is 2.01. The average molecular weight is 426 g/mol. The predicted octanol–water partition coefficient (Wildman–Crippen LogP) is 4.61. The summed E-state index contributed by atoms with van der Waals surface area (Å²) in [7, 11) is -3.92. The van der Waals surface area contributed by atoms with Crippen molar-refractivity contribution in [2.75, 3.05) is 10.8 Å². The highest BCUT2D eigenvalue weighted by molar-refractivity contribution is 7.92. The molecule has 0 saturated carbocycles. The first-order valence-corrected chi connectivity index (χ1v) is 10.9. The lowest BCUT2D eigenvalue weighted by Gasteiger charge is -2.26. The first-order valence-electron chi connectivity index (χ1n) is 9.44. The van der Waals surface area contributed by atoms with E-state index in [1.165, 1.54) is 22.5 Å². The Hall–Kier alpha value is -3.32. The van der Waals surface area contributed by atoms with Gasteiger partial charge in [-0.3, -0.25) is 4.31 Å². The van der Waals surface area contributed by atoms with Crippen LogP contribution in [0.2, 0.25) is 0 Å². The molecule has 6 nitrogen and oxygen atoms in total. The van der Waals surface area contributed by atoms with Crippen LogP contribution in [0.1, 0.15) is 24.2 Å². The van der Waals surface area contributed by atoms with E-state index in [0.717, 1.165) is 11.1 Å². The Labute approximate surface area is 176 Å². The van der Waals surface area contributed by atoms with Crippen molar-refractivity contribution in [3.8, 4) is 16.9 Å². The zero-order valence-corrected chi connectivity index (χ0v) is 17.5. The summed E-state index contributed by atoms with van der Waals surface area (Å²) in [6, 6.07) is 20.0. The maximum atomic E-state index is 13.4. The number of aromatic carboxylic acids is 1. The van der Waals surface area contributed by atoms with Crippen LogP contribution < -0.4 is 4.31 Å². The van der Waals surface area contributed by atoms with Crippen LogP contribution in [0.5, 0.6) is 5.75 Å². The van der Waals surface area contributed by atoms with Gasteiger partial charge in [0, 0.05) is 12.6 Å². The number of carboxylic acids is 1. The van der Waals surface area contributed by atoms with Gasteiger partial charge in [0.2, 0.25) is 0 Å². The number of carbonyl (C=O) groups is 1. The summed E-state index contributed by atoms with van der Waals surface area (Å²) in [5.74, 6) is -1.76. The van der Waals surface area contributed by atoms with E-state index in [1.54, 1.807) is 24.3 Å². The molecule has 0 atom stereocenters. The number of rotatable bonds is 7. The number of aromatic hydroxyl groups is 1. The normalized spacial score (nSPS) is 11.4. The first kappa shape index (κ1) is 21.4. The third-order valence-corrected chi connectivity index (χ3v) is 6.39. The molecule has 0 bridgehead atoms. The van der Waals surface area contributed by atoms with Gasteiger partial charge in [-0.2, -0.15) is 0 Å². The SMILES string of the molecule is CC(C)CN(c1ccc(C(=O)O)c(O)c1)S(=O)(=O)c1ccc(-c2ccccc2)cc1. The van der Waals surface area contributed by atoms with E-state index in [1.807, 2.05) is 44.2 Å². The smallest absolute Gasteiger partial charge is 0.339 e. The lowest BCUT2D eigenvalue weighted by atomic mass is 10.1. The molecular formula is C23H23NO5S. The minimum absolute atomic E-state index is 0.00431. The summed E-state index contributed by atoms with van der Waals surface area (Å²) in [5, 5.41) is 19.1. The van der Waals surface area contributed by atoms with Gasteiger partial charge in [0.05, 0.1) is 10.6 Å². The number of anilines is 1. The molecular weight excluding hydrogens is 402 g/mol. The van der Waals surface area contributed by atoms with Crippen molar-refractivity contribution in [1.82, 2.24) is 0 Å². The Kier molecular flexibility index (Phi) is 6.12. The Bertz CT molecular complexity index is 1140. The van der Waals surface area contributed by atoms with Gasteiger partial charge in [0.1, 0.15) is 11.3 Å². The van der Waals surface area contributed by atoms with Gasteiger partial charge in [0.15, 0.2) is 0 Å². The molecule has 0 aromatic heterocycles. The fourth-order valence-corrected chi connectivity index (χ4v) is 4.73. The molecule has 156 valence electrons. The van der Waals surface area contributed by atoms with Crippen LogP contribution >= 0.6 is 0 Å². The van der Waals surface area contributed by atoms with Crippen LogP contribution in [-0.4, -0.2) is 31.1 Å². The van der Waals surface area contributed by atoms with Crippen LogP contribution in [-0.2, 0) is 10.0 Å². The van der Waals surface area contributed by atoms with Crippen LogP contribution in [0.15, 0.2) is 77.7 Å². The summed E-state index contributed by atoms with van der Waals surface area (Å²) < 4.78 is 27.9. The van der Waals surface area contributed by atoms with Crippen molar-refractivity contribution in [2.45, 2.75) is 18.7 Å². The summed E-state index contributed by atoms with van der Waals surface area (Å²) >= 11 is 0. The van der Waals surface area contributed by atoms with Crippen molar-refractivity contribution in [2.24, 2.45) is 5.92 Å². The van der Waals surface area contributed by atoms with Gasteiger partial charge in [-0.15, -0.1) is 0 Å². The van der Waals surface area contributed by atoms with Gasteiger partial charge < -0.3 is 10.2 Å². The molecule has 3 aromatic rings. The van der Waals surface area contributed by atoms with Gasteiger partial charge in [-0.1, -0.05) is 56.3 Å². The number of sulfonamides is 1. The van der Waals surface area contributed by atoms with E-state index in [0.29, 0.717) is 0 Å². The van der Waals surface area contributed by atoms with Crippen LogP contribution in [0.4, 0.5) is 5.69 Å². The second kappa shape index (κ2) is 8.59. The minimum Gasteiger partial charge on any atom is -0.507 e. The Morgan fingerprint density at radius 1 is 0.933 bits per heavy atom. The third-order valence-electron chi connectivity index (χ3n) is 4.58. The van der Waals surface area contributed by atoms with Crippen LogP contribution in [0, 0.1) is 5.92 Å². The van der Waals surface area contributed by atoms with Crippen LogP contribution in [0.25, 0.3) is 11.1 Å². The third kappa shape index (κ3) is 4.46. The lowest BCUT2D eigenvalue weighted by Crippen LogP contribution is -2.34. The minimum atomic E-state index is -3.92. The molecule has 0 aliphatic heterocycles. The molecule has 0 aliphatic carbocycles. The largest absolute Gasteiger partial charge is 0.507 e. The summed E-state index contributed by atoms with van der Waals surface area (Å²) in [5.41, 5.74) is 1.80. The molecule has 0 fully saturated rings. The van der Waals surface area contributed by atoms with Gasteiger partial charge in [0.25, 0.3) is 10.0 Å². The quantitative estimate of drug-likeness (QED) is 0.576. The monoisotopic (exact) mass is 425 g/mol. The highest BCUT2D eigenvalue weighted by Gasteiger charge is 2.27. The number of nitrogens with zero attached hydrogens (tertiary/aromatic N) is 1. The lowest BCUT2D eigenvalue weighted by molar-refractivity contribution is 0.0693. The zero-order valence-electron chi connectivity index (χ0n) is 16.7. The maximum Gasteiger partial charge on any atom is 0.339 e. The van der Waals surface area contributed by atoms with E-state index in [4.69, 9.17) is 5.11 Å². The molecule has 7 heteroatoms. The summed E-state index contributed by atoms with van der Waals surface area (Å²) in [6.07, 6.45) is 0. The Morgan fingerprint density at radius 3 is 2.07 bits per heavy atom. The fourth-order valence-electron chi connectivity index (χ4n) is 3.11. The van der Waals surface area contributed by atoms with Crippen molar-refractivity contribution < 1.29 is 23.4 Å². The fraction of sp³-hybridized carbons (Fsp3) is 0.174. The van der Waals surface area contributed by atoms with Crippen molar-refractivity contribution in [3.05, 3.63) is 78.4 Å². The van der Waals surface area contributed by atoms with Gasteiger partial charge in [-0.25, -0.2) is 13.2 Å². The summed E-state index contributed by atoms with van der Waals surface area (Å²) in [4.78, 5) is 11.3. The molecule has 30 heavy (non-hydrogen) atoms. The molecule has 3 aromatic carbocycles. The number of hydrogen-bond acceptors (Lipinski definition) is 4. The molecule has 0 spiro atoms. The molecule has 0 amide bonds. The zero-order chi connectivity index (χ0) is 21.9. The Morgan fingerprint density at radius 2 is 1.53 bits per heavy atom. The van der Waals surface area contributed by atoms with E-state index in [9.17, 15) is 18.3 Å². The molecule has 0 aliphatic rings.